The molecule has 1 aromatic rings. The summed E-state index contributed by atoms with van der Waals surface area (Å²) in [5, 5.41) is 9.44. The molecular formula is C13H21NO2S. The SMILES string of the molecule is COc1ccccc1C(SC(C)CO)C(C)N. The van der Waals surface area contributed by atoms with E-state index in [9.17, 15) is 0 Å². The van der Waals surface area contributed by atoms with Crippen LogP contribution >= 0.6 is 11.8 Å². The van der Waals surface area contributed by atoms with E-state index in [4.69, 9.17) is 15.6 Å². The molecule has 3 N–H and O–H groups in total. The number of aliphatic hydroxyl groups excluding tert-OH is 1. The molecule has 4 heteroatoms. The highest BCUT2D eigenvalue weighted by molar-refractivity contribution is 8.00. The highest BCUT2D eigenvalue weighted by Gasteiger charge is 2.22. The molecule has 0 fully saturated rings. The predicted molar refractivity (Wildman–Crippen MR) is 73.5 cm³/mol. The zero-order valence-corrected chi connectivity index (χ0v) is 11.4. The van der Waals surface area contributed by atoms with E-state index in [0.29, 0.717) is 0 Å². The van der Waals surface area contributed by atoms with Crippen molar-refractivity contribution in [2.75, 3.05) is 13.7 Å². The largest absolute Gasteiger partial charge is 0.496 e. The molecule has 3 nitrogen and oxygen atoms in total. The minimum atomic E-state index is 0.00491. The lowest BCUT2D eigenvalue weighted by atomic mass is 10.1. The number of benzene rings is 1. The average molecular weight is 255 g/mol. The van der Waals surface area contributed by atoms with E-state index in [0.717, 1.165) is 11.3 Å². The van der Waals surface area contributed by atoms with Crippen molar-refractivity contribution < 1.29 is 9.84 Å². The van der Waals surface area contributed by atoms with Crippen molar-refractivity contribution in [3.05, 3.63) is 29.8 Å². The molecule has 0 amide bonds. The van der Waals surface area contributed by atoms with E-state index in [1.54, 1.807) is 18.9 Å². The van der Waals surface area contributed by atoms with Gasteiger partial charge in [-0.3, -0.25) is 0 Å². The Balaban J connectivity index is 2.96. The summed E-state index contributed by atoms with van der Waals surface area (Å²) in [6, 6.07) is 7.90. The van der Waals surface area contributed by atoms with Crippen LogP contribution in [0.4, 0.5) is 0 Å². The third-order valence-electron chi connectivity index (χ3n) is 2.56. The van der Waals surface area contributed by atoms with Crippen molar-refractivity contribution in [3.63, 3.8) is 0 Å². The summed E-state index contributed by atoms with van der Waals surface area (Å²) in [5.41, 5.74) is 7.13. The number of rotatable bonds is 6. The van der Waals surface area contributed by atoms with Crippen LogP contribution in [0.5, 0.6) is 5.75 Å². The Morgan fingerprint density at radius 2 is 2.00 bits per heavy atom. The zero-order valence-electron chi connectivity index (χ0n) is 10.6. The fraction of sp³-hybridized carbons (Fsp3) is 0.538. The minimum Gasteiger partial charge on any atom is -0.496 e. The Hall–Kier alpha value is -0.710. The molecule has 0 aliphatic heterocycles. The van der Waals surface area contributed by atoms with Crippen LogP contribution in [0.25, 0.3) is 0 Å². The second-order valence-corrected chi connectivity index (χ2v) is 5.74. The van der Waals surface area contributed by atoms with E-state index in [1.807, 2.05) is 38.1 Å². The molecule has 1 rings (SSSR count). The van der Waals surface area contributed by atoms with Crippen molar-refractivity contribution in [2.45, 2.75) is 30.4 Å². The van der Waals surface area contributed by atoms with Gasteiger partial charge in [-0.15, -0.1) is 11.8 Å². The molecule has 96 valence electrons. The molecule has 0 radical (unpaired) electrons. The van der Waals surface area contributed by atoms with E-state index in [-0.39, 0.29) is 23.1 Å². The Labute approximate surface area is 107 Å². The van der Waals surface area contributed by atoms with Crippen LogP contribution in [-0.2, 0) is 0 Å². The van der Waals surface area contributed by atoms with E-state index in [1.165, 1.54) is 0 Å². The van der Waals surface area contributed by atoms with Gasteiger partial charge in [0.15, 0.2) is 0 Å². The fourth-order valence-corrected chi connectivity index (χ4v) is 2.85. The van der Waals surface area contributed by atoms with Crippen molar-refractivity contribution in [3.8, 4) is 5.75 Å². The van der Waals surface area contributed by atoms with Gasteiger partial charge in [0.2, 0.25) is 0 Å². The topological polar surface area (TPSA) is 55.5 Å². The van der Waals surface area contributed by atoms with Gasteiger partial charge in [0.1, 0.15) is 5.75 Å². The maximum absolute atomic E-state index is 9.15. The average Bonchev–Trinajstić information content (AvgIpc) is 2.35. The molecule has 0 spiro atoms. The molecule has 0 bridgehead atoms. The first-order valence-electron chi connectivity index (χ1n) is 5.75. The maximum atomic E-state index is 9.15. The summed E-state index contributed by atoms with van der Waals surface area (Å²) < 4.78 is 5.36. The molecule has 3 unspecified atom stereocenters. The number of methoxy groups -OCH3 is 1. The fourth-order valence-electron chi connectivity index (χ4n) is 1.68. The van der Waals surface area contributed by atoms with Gasteiger partial charge in [0, 0.05) is 22.1 Å². The number of aliphatic hydroxyl groups is 1. The molecule has 0 saturated carbocycles. The summed E-state index contributed by atoms with van der Waals surface area (Å²) in [4.78, 5) is 0. The van der Waals surface area contributed by atoms with Crippen molar-refractivity contribution in [1.29, 1.82) is 0 Å². The first kappa shape index (κ1) is 14.4. The van der Waals surface area contributed by atoms with Crippen molar-refractivity contribution in [2.24, 2.45) is 5.73 Å². The smallest absolute Gasteiger partial charge is 0.123 e. The van der Waals surface area contributed by atoms with Crippen LogP contribution in [0.2, 0.25) is 0 Å². The first-order valence-corrected chi connectivity index (χ1v) is 6.69. The molecule has 0 aliphatic rings. The lowest BCUT2D eigenvalue weighted by Crippen LogP contribution is -2.25. The lowest BCUT2D eigenvalue weighted by molar-refractivity contribution is 0.299. The van der Waals surface area contributed by atoms with Gasteiger partial charge in [-0.05, 0) is 13.0 Å². The Morgan fingerprint density at radius 1 is 1.35 bits per heavy atom. The van der Waals surface area contributed by atoms with Gasteiger partial charge in [0.05, 0.1) is 13.7 Å². The van der Waals surface area contributed by atoms with Crippen LogP contribution in [0.3, 0.4) is 0 Å². The summed E-state index contributed by atoms with van der Waals surface area (Å²) in [5.74, 6) is 0.854. The normalized spacial score (nSPS) is 16.3. The Morgan fingerprint density at radius 3 is 2.53 bits per heavy atom. The molecule has 0 aliphatic carbocycles. The quantitative estimate of drug-likeness (QED) is 0.818. The van der Waals surface area contributed by atoms with Crippen molar-refractivity contribution in [1.82, 2.24) is 0 Å². The van der Waals surface area contributed by atoms with E-state index >= 15 is 0 Å². The lowest BCUT2D eigenvalue weighted by Gasteiger charge is -2.25. The molecule has 3 atom stereocenters. The van der Waals surface area contributed by atoms with Crippen LogP contribution in [0, 0.1) is 0 Å². The van der Waals surface area contributed by atoms with Crippen LogP contribution in [-0.4, -0.2) is 30.1 Å². The molecule has 0 saturated heterocycles. The van der Waals surface area contributed by atoms with Gasteiger partial charge < -0.3 is 15.6 Å². The molecule has 0 aromatic heterocycles. The highest BCUT2D eigenvalue weighted by atomic mass is 32.2. The minimum absolute atomic E-state index is 0.00491. The third kappa shape index (κ3) is 3.91. The second kappa shape index (κ2) is 6.89. The second-order valence-electron chi connectivity index (χ2n) is 4.15. The summed E-state index contributed by atoms with van der Waals surface area (Å²) in [7, 11) is 1.66. The maximum Gasteiger partial charge on any atom is 0.123 e. The highest BCUT2D eigenvalue weighted by Crippen LogP contribution is 2.38. The zero-order chi connectivity index (χ0) is 12.8. The van der Waals surface area contributed by atoms with Crippen molar-refractivity contribution >= 4 is 11.8 Å². The summed E-state index contributed by atoms with van der Waals surface area (Å²) in [6.07, 6.45) is 0. The molecule has 1 aromatic carbocycles. The number of thioether (sulfide) groups is 1. The molecule has 0 heterocycles. The van der Waals surface area contributed by atoms with Gasteiger partial charge in [-0.2, -0.15) is 0 Å². The molecule has 17 heavy (non-hydrogen) atoms. The van der Waals surface area contributed by atoms with Gasteiger partial charge in [-0.1, -0.05) is 25.1 Å². The van der Waals surface area contributed by atoms with Gasteiger partial charge in [-0.25, -0.2) is 0 Å². The standard InChI is InChI=1S/C13H21NO2S/c1-9(8-15)17-13(10(2)14)11-6-4-5-7-12(11)16-3/h4-7,9-10,13,15H,8,14H2,1-3H3. The number of hydrogen-bond acceptors (Lipinski definition) is 4. The Bertz CT molecular complexity index is 344. The van der Waals surface area contributed by atoms with Crippen LogP contribution in [0.15, 0.2) is 24.3 Å². The first-order chi connectivity index (χ1) is 8.10. The number of nitrogens with two attached hydrogens (primary N) is 1. The monoisotopic (exact) mass is 255 g/mol. The van der Waals surface area contributed by atoms with Crippen LogP contribution in [0.1, 0.15) is 24.7 Å². The summed E-state index contributed by atoms with van der Waals surface area (Å²) >= 11 is 1.68. The number of para-hydroxylation sites is 1. The van der Waals surface area contributed by atoms with E-state index in [2.05, 4.69) is 0 Å². The van der Waals surface area contributed by atoms with Gasteiger partial charge >= 0.3 is 0 Å². The predicted octanol–water partition coefficient (Wildman–Crippen LogP) is 2.20. The van der Waals surface area contributed by atoms with Crippen LogP contribution < -0.4 is 10.5 Å². The van der Waals surface area contributed by atoms with E-state index < -0.39 is 0 Å². The van der Waals surface area contributed by atoms with Gasteiger partial charge in [0.25, 0.3) is 0 Å². The number of ether oxygens (including phenoxy) is 1. The third-order valence-corrected chi connectivity index (χ3v) is 4.15. The summed E-state index contributed by atoms with van der Waals surface area (Å²) in [6.45, 7) is 4.13. The Kier molecular flexibility index (Phi) is 5.82. The number of hydrogen-bond donors (Lipinski definition) is 2. The molecular weight excluding hydrogens is 234 g/mol.